The number of benzene rings is 1. The highest BCUT2D eigenvalue weighted by Gasteiger charge is 2.21. The van der Waals surface area contributed by atoms with Crippen molar-refractivity contribution in [3.63, 3.8) is 0 Å². The van der Waals surface area contributed by atoms with E-state index in [1.807, 2.05) is 12.1 Å². The van der Waals surface area contributed by atoms with Crippen molar-refractivity contribution in [2.75, 3.05) is 6.61 Å². The summed E-state index contributed by atoms with van der Waals surface area (Å²) in [6, 6.07) is 5.17. The summed E-state index contributed by atoms with van der Waals surface area (Å²) >= 11 is 0. The Hall–Kier alpha value is -1.35. The van der Waals surface area contributed by atoms with Crippen molar-refractivity contribution in [3.05, 3.63) is 29.3 Å². The third-order valence-electron chi connectivity index (χ3n) is 2.39. The Kier molecular flexibility index (Phi) is 2.25. The molecule has 0 amide bonds. The average Bonchev–Trinajstić information content (AvgIpc) is 2.63. The maximum Gasteiger partial charge on any atom is 0.182 e. The number of rotatable bonds is 2. The first-order chi connectivity index (χ1) is 6.70. The van der Waals surface area contributed by atoms with E-state index >= 15 is 0 Å². The van der Waals surface area contributed by atoms with Gasteiger partial charge in [0.1, 0.15) is 5.75 Å². The Bertz CT molecular complexity index is 372. The van der Waals surface area contributed by atoms with Crippen LogP contribution in [0.25, 0.3) is 0 Å². The summed E-state index contributed by atoms with van der Waals surface area (Å²) in [6.45, 7) is 2.36. The molecule has 14 heavy (non-hydrogen) atoms. The van der Waals surface area contributed by atoms with Gasteiger partial charge in [-0.05, 0) is 18.6 Å². The van der Waals surface area contributed by atoms with Crippen LogP contribution in [0.15, 0.2) is 18.2 Å². The number of carbonyl (C=O) groups is 1. The first-order valence-corrected chi connectivity index (χ1v) is 4.74. The molecular formula is C11H13NO2. The summed E-state index contributed by atoms with van der Waals surface area (Å²) in [4.78, 5) is 11.7. The molecule has 1 unspecified atom stereocenters. The summed E-state index contributed by atoms with van der Waals surface area (Å²) < 4.78 is 5.42. The molecule has 74 valence electrons. The molecule has 3 nitrogen and oxygen atoms in total. The first kappa shape index (κ1) is 9.21. The van der Waals surface area contributed by atoms with E-state index in [2.05, 4.69) is 0 Å². The van der Waals surface area contributed by atoms with Gasteiger partial charge >= 0.3 is 0 Å². The van der Waals surface area contributed by atoms with Crippen LogP contribution in [0.1, 0.15) is 22.8 Å². The third-order valence-corrected chi connectivity index (χ3v) is 2.39. The van der Waals surface area contributed by atoms with E-state index in [1.54, 1.807) is 13.0 Å². The van der Waals surface area contributed by atoms with Gasteiger partial charge in [-0.2, -0.15) is 0 Å². The predicted molar refractivity (Wildman–Crippen MR) is 53.6 cm³/mol. The minimum absolute atomic E-state index is 0.0521. The van der Waals surface area contributed by atoms with E-state index in [4.69, 9.17) is 10.5 Å². The predicted octanol–water partition coefficient (Wildman–Crippen LogP) is 1.15. The van der Waals surface area contributed by atoms with Gasteiger partial charge in [-0.15, -0.1) is 0 Å². The zero-order chi connectivity index (χ0) is 10.1. The van der Waals surface area contributed by atoms with E-state index in [-0.39, 0.29) is 5.78 Å². The minimum Gasteiger partial charge on any atom is -0.492 e. The van der Waals surface area contributed by atoms with Crippen molar-refractivity contribution in [3.8, 4) is 5.75 Å². The van der Waals surface area contributed by atoms with Crippen molar-refractivity contribution in [2.45, 2.75) is 19.4 Å². The van der Waals surface area contributed by atoms with E-state index < -0.39 is 6.04 Å². The first-order valence-electron chi connectivity index (χ1n) is 4.74. The number of ether oxygens (including phenoxy) is 1. The summed E-state index contributed by atoms with van der Waals surface area (Å²) in [6.07, 6.45) is 0.884. The molecule has 1 aliphatic heterocycles. The van der Waals surface area contributed by atoms with E-state index in [1.165, 1.54) is 0 Å². The molecule has 0 spiro atoms. The Balaban J connectivity index is 2.44. The normalized spacial score (nSPS) is 15.9. The molecule has 0 aliphatic carbocycles. The summed E-state index contributed by atoms with van der Waals surface area (Å²) in [7, 11) is 0. The van der Waals surface area contributed by atoms with E-state index in [9.17, 15) is 4.79 Å². The van der Waals surface area contributed by atoms with Gasteiger partial charge in [0.15, 0.2) is 5.78 Å². The highest BCUT2D eigenvalue weighted by Crippen LogP contribution is 2.29. The molecule has 0 saturated heterocycles. The Morgan fingerprint density at radius 3 is 3.07 bits per heavy atom. The molecule has 1 aliphatic rings. The lowest BCUT2D eigenvalue weighted by atomic mass is 10.0. The van der Waals surface area contributed by atoms with Crippen LogP contribution < -0.4 is 10.5 Å². The standard InChI is InChI=1S/C11H13NO2/c1-7(12)10(13)9-4-2-3-8-5-6-14-11(8)9/h2-4,7H,5-6,12H2,1H3. The van der Waals surface area contributed by atoms with Gasteiger partial charge < -0.3 is 10.5 Å². The zero-order valence-corrected chi connectivity index (χ0v) is 8.12. The molecule has 0 fully saturated rings. The molecule has 1 aromatic rings. The fraction of sp³-hybridized carbons (Fsp3) is 0.364. The highest BCUT2D eigenvalue weighted by atomic mass is 16.5. The largest absolute Gasteiger partial charge is 0.492 e. The number of fused-ring (bicyclic) bond motifs is 1. The SMILES string of the molecule is CC(N)C(=O)c1cccc2c1OCC2. The summed E-state index contributed by atoms with van der Waals surface area (Å²) in [5.74, 6) is 0.679. The van der Waals surface area contributed by atoms with Gasteiger partial charge in [-0.1, -0.05) is 12.1 Å². The van der Waals surface area contributed by atoms with Crippen LogP contribution in [0.4, 0.5) is 0 Å². The van der Waals surface area contributed by atoms with Crippen LogP contribution in [-0.2, 0) is 6.42 Å². The number of hydrogen-bond acceptors (Lipinski definition) is 3. The van der Waals surface area contributed by atoms with E-state index in [0.717, 1.165) is 17.7 Å². The van der Waals surface area contributed by atoms with Crippen molar-refractivity contribution in [1.29, 1.82) is 0 Å². The molecule has 2 rings (SSSR count). The highest BCUT2D eigenvalue weighted by molar-refractivity contribution is 6.02. The Labute approximate surface area is 82.9 Å². The van der Waals surface area contributed by atoms with E-state index in [0.29, 0.717) is 12.2 Å². The Morgan fingerprint density at radius 1 is 1.57 bits per heavy atom. The minimum atomic E-state index is -0.467. The maximum absolute atomic E-state index is 11.7. The summed E-state index contributed by atoms with van der Waals surface area (Å²) in [5.41, 5.74) is 7.29. The lowest BCUT2D eigenvalue weighted by molar-refractivity contribution is 0.0965. The van der Waals surface area contributed by atoms with Crippen LogP contribution in [0.2, 0.25) is 0 Å². The molecule has 0 aromatic heterocycles. The zero-order valence-electron chi connectivity index (χ0n) is 8.12. The van der Waals surface area contributed by atoms with Crippen LogP contribution >= 0.6 is 0 Å². The van der Waals surface area contributed by atoms with Crippen molar-refractivity contribution >= 4 is 5.78 Å². The lowest BCUT2D eigenvalue weighted by Gasteiger charge is -2.08. The fourth-order valence-corrected chi connectivity index (χ4v) is 1.65. The van der Waals surface area contributed by atoms with Crippen molar-refractivity contribution in [2.24, 2.45) is 5.73 Å². The third kappa shape index (κ3) is 1.40. The number of carbonyl (C=O) groups excluding carboxylic acids is 1. The van der Waals surface area contributed by atoms with Gasteiger partial charge in [0.25, 0.3) is 0 Å². The van der Waals surface area contributed by atoms with Crippen molar-refractivity contribution < 1.29 is 9.53 Å². The second-order valence-electron chi connectivity index (χ2n) is 3.55. The molecule has 1 aromatic carbocycles. The molecule has 1 heterocycles. The van der Waals surface area contributed by atoms with Gasteiger partial charge in [-0.25, -0.2) is 0 Å². The van der Waals surface area contributed by atoms with Crippen molar-refractivity contribution in [1.82, 2.24) is 0 Å². The molecule has 0 bridgehead atoms. The Morgan fingerprint density at radius 2 is 2.36 bits per heavy atom. The van der Waals surface area contributed by atoms with Gasteiger partial charge in [-0.3, -0.25) is 4.79 Å². The number of Topliss-reactive ketones (excluding diaryl/α,β-unsaturated/α-hetero) is 1. The second kappa shape index (κ2) is 3.42. The fourth-order valence-electron chi connectivity index (χ4n) is 1.65. The molecule has 0 radical (unpaired) electrons. The maximum atomic E-state index is 11.7. The van der Waals surface area contributed by atoms with Crippen LogP contribution in [0, 0.1) is 0 Å². The smallest absolute Gasteiger partial charge is 0.182 e. The molecular weight excluding hydrogens is 178 g/mol. The van der Waals surface area contributed by atoms with Crippen LogP contribution in [0.5, 0.6) is 5.75 Å². The second-order valence-corrected chi connectivity index (χ2v) is 3.55. The molecule has 3 heteroatoms. The quantitative estimate of drug-likeness (QED) is 0.713. The molecule has 1 atom stereocenters. The number of hydrogen-bond donors (Lipinski definition) is 1. The van der Waals surface area contributed by atoms with Gasteiger partial charge in [0.2, 0.25) is 0 Å². The van der Waals surface area contributed by atoms with Gasteiger partial charge in [0.05, 0.1) is 18.2 Å². The van der Waals surface area contributed by atoms with Gasteiger partial charge in [0, 0.05) is 6.42 Å². The van der Waals surface area contributed by atoms with Crippen LogP contribution in [0.3, 0.4) is 0 Å². The average molecular weight is 191 g/mol. The number of ketones is 1. The monoisotopic (exact) mass is 191 g/mol. The lowest BCUT2D eigenvalue weighted by Crippen LogP contribution is -2.26. The number of para-hydroxylation sites is 1. The number of nitrogens with two attached hydrogens (primary N) is 1. The molecule has 0 saturated carbocycles. The van der Waals surface area contributed by atoms with Crippen LogP contribution in [-0.4, -0.2) is 18.4 Å². The summed E-state index contributed by atoms with van der Waals surface area (Å²) in [5, 5.41) is 0. The topological polar surface area (TPSA) is 52.3 Å². The molecule has 2 N–H and O–H groups in total.